The van der Waals surface area contributed by atoms with Crippen molar-refractivity contribution in [3.63, 3.8) is 0 Å². The average Bonchev–Trinajstić information content (AvgIpc) is 3.21. The maximum Gasteiger partial charge on any atom is 0.328 e. The molecule has 1 heterocycles. The first kappa shape index (κ1) is 24.8. The number of carbonyl (C=O) groups excluding carboxylic acids is 3. The van der Waals surface area contributed by atoms with Crippen molar-refractivity contribution in [1.82, 2.24) is 10.6 Å². The van der Waals surface area contributed by atoms with Crippen LogP contribution in [0, 0.1) is 0 Å². The summed E-state index contributed by atoms with van der Waals surface area (Å²) in [7, 11) is 1.33. The number of rotatable bonds is 11. The first-order chi connectivity index (χ1) is 15.9. The lowest BCUT2D eigenvalue weighted by Gasteiger charge is -2.29. The van der Waals surface area contributed by atoms with Gasteiger partial charge in [-0.1, -0.05) is 54.6 Å². The molecule has 3 rings (SSSR count). The molecule has 1 aliphatic rings. The highest BCUT2D eigenvalue weighted by atomic mass is 32.2. The number of methoxy groups -OCH3 is 1. The third-order valence-corrected chi connectivity index (χ3v) is 6.74. The molecule has 0 aliphatic carbocycles. The van der Waals surface area contributed by atoms with Gasteiger partial charge in [-0.2, -0.15) is 11.8 Å². The number of carbonyl (C=O) groups is 3. The number of amides is 2. The molecule has 33 heavy (non-hydrogen) atoms. The molecule has 7 heteroatoms. The first-order valence-electron chi connectivity index (χ1n) is 11.3. The predicted molar refractivity (Wildman–Crippen MR) is 132 cm³/mol. The molecule has 6 nitrogen and oxygen atoms in total. The predicted octanol–water partition coefficient (Wildman–Crippen LogP) is 3.74. The van der Waals surface area contributed by atoms with Crippen LogP contribution in [0.4, 0.5) is 0 Å². The number of nitrogens with one attached hydrogen (secondary N) is 2. The van der Waals surface area contributed by atoms with E-state index in [0.29, 0.717) is 32.1 Å². The Morgan fingerprint density at radius 3 is 2.42 bits per heavy atom. The Hall–Kier alpha value is -2.80. The van der Waals surface area contributed by atoms with Gasteiger partial charge in [-0.15, -0.1) is 0 Å². The zero-order valence-corrected chi connectivity index (χ0v) is 20.1. The number of esters is 1. The van der Waals surface area contributed by atoms with E-state index in [4.69, 9.17) is 4.74 Å². The Bertz CT molecular complexity index is 949. The van der Waals surface area contributed by atoms with Gasteiger partial charge in [0.1, 0.15) is 6.04 Å². The summed E-state index contributed by atoms with van der Waals surface area (Å²) >= 11 is 1.61. The van der Waals surface area contributed by atoms with E-state index in [1.54, 1.807) is 11.8 Å². The fraction of sp³-hybridized carbons (Fsp3) is 0.423. The van der Waals surface area contributed by atoms with E-state index >= 15 is 0 Å². The van der Waals surface area contributed by atoms with E-state index in [9.17, 15) is 14.4 Å². The highest BCUT2D eigenvalue weighted by Gasteiger charge is 2.38. The molecule has 2 aromatic rings. The molecule has 2 amide bonds. The fourth-order valence-electron chi connectivity index (χ4n) is 4.26. The van der Waals surface area contributed by atoms with Gasteiger partial charge in [0.05, 0.1) is 7.11 Å². The van der Waals surface area contributed by atoms with Gasteiger partial charge in [0, 0.05) is 18.4 Å². The molecule has 0 spiro atoms. The summed E-state index contributed by atoms with van der Waals surface area (Å²) in [5.41, 5.74) is 2.96. The third-order valence-electron chi connectivity index (χ3n) is 6.10. The molecule has 1 fully saturated rings. The summed E-state index contributed by atoms with van der Waals surface area (Å²) in [4.78, 5) is 36.7. The SMILES string of the molecule is COC(=O)[C@H](CCSC)NC(=O)CC[C@]1(Cc2ccc(-c3ccccc3)cc2)CCC(=O)N1. The molecule has 0 unspecified atom stereocenters. The van der Waals surface area contributed by atoms with Gasteiger partial charge in [-0.25, -0.2) is 4.79 Å². The Morgan fingerprint density at radius 2 is 1.82 bits per heavy atom. The number of benzene rings is 2. The summed E-state index contributed by atoms with van der Waals surface area (Å²) in [6, 6.07) is 17.9. The monoisotopic (exact) mass is 468 g/mol. The molecule has 0 bridgehead atoms. The van der Waals surface area contributed by atoms with E-state index in [0.717, 1.165) is 22.4 Å². The van der Waals surface area contributed by atoms with Crippen molar-refractivity contribution in [3.8, 4) is 11.1 Å². The molecule has 0 saturated carbocycles. The second kappa shape index (κ2) is 11.9. The Balaban J connectivity index is 1.63. The van der Waals surface area contributed by atoms with E-state index < -0.39 is 17.6 Å². The maximum absolute atomic E-state index is 12.6. The van der Waals surface area contributed by atoms with Gasteiger partial charge in [0.2, 0.25) is 11.8 Å². The normalized spacial score (nSPS) is 18.4. The minimum absolute atomic E-state index is 0.0173. The minimum Gasteiger partial charge on any atom is -0.467 e. The van der Waals surface area contributed by atoms with E-state index in [1.807, 2.05) is 24.5 Å². The van der Waals surface area contributed by atoms with Crippen LogP contribution >= 0.6 is 11.8 Å². The number of ether oxygens (including phenoxy) is 1. The molecule has 2 aromatic carbocycles. The molecule has 2 N–H and O–H groups in total. The molecular weight excluding hydrogens is 436 g/mol. The van der Waals surface area contributed by atoms with Crippen LogP contribution in [0.2, 0.25) is 0 Å². The first-order valence-corrected chi connectivity index (χ1v) is 12.7. The summed E-state index contributed by atoms with van der Waals surface area (Å²) in [6.07, 6.45) is 5.03. The zero-order valence-electron chi connectivity index (χ0n) is 19.3. The smallest absolute Gasteiger partial charge is 0.328 e. The average molecular weight is 469 g/mol. The number of thioether (sulfide) groups is 1. The largest absolute Gasteiger partial charge is 0.467 e. The highest BCUT2D eigenvalue weighted by molar-refractivity contribution is 7.98. The van der Waals surface area contributed by atoms with Gasteiger partial charge < -0.3 is 15.4 Å². The maximum atomic E-state index is 12.6. The quantitative estimate of drug-likeness (QED) is 0.491. The fourth-order valence-corrected chi connectivity index (χ4v) is 4.74. The molecule has 0 aromatic heterocycles. The van der Waals surface area contributed by atoms with Crippen LogP contribution in [0.5, 0.6) is 0 Å². The minimum atomic E-state index is -0.644. The van der Waals surface area contributed by atoms with Crippen molar-refractivity contribution in [1.29, 1.82) is 0 Å². The molecule has 1 aliphatic heterocycles. The van der Waals surface area contributed by atoms with Crippen LogP contribution in [-0.2, 0) is 25.5 Å². The summed E-state index contributed by atoms with van der Waals surface area (Å²) in [5.74, 6) is 0.133. The lowest BCUT2D eigenvalue weighted by Crippen LogP contribution is -2.46. The Labute approximate surface area is 199 Å². The van der Waals surface area contributed by atoms with Crippen molar-refractivity contribution in [2.45, 2.75) is 50.1 Å². The highest BCUT2D eigenvalue weighted by Crippen LogP contribution is 2.30. The van der Waals surface area contributed by atoms with Gasteiger partial charge >= 0.3 is 5.97 Å². The van der Waals surface area contributed by atoms with Crippen LogP contribution in [-0.4, -0.2) is 48.5 Å². The summed E-state index contributed by atoms with van der Waals surface area (Å²) in [6.45, 7) is 0. The summed E-state index contributed by atoms with van der Waals surface area (Å²) in [5, 5.41) is 5.93. The van der Waals surface area contributed by atoms with Crippen LogP contribution < -0.4 is 10.6 Å². The topological polar surface area (TPSA) is 84.5 Å². The summed E-state index contributed by atoms with van der Waals surface area (Å²) < 4.78 is 4.82. The van der Waals surface area contributed by atoms with E-state index in [2.05, 4.69) is 47.0 Å². The Morgan fingerprint density at radius 1 is 1.12 bits per heavy atom. The molecule has 0 radical (unpaired) electrons. The number of hydrogen-bond acceptors (Lipinski definition) is 5. The third kappa shape index (κ3) is 7.09. The second-order valence-electron chi connectivity index (χ2n) is 8.49. The van der Waals surface area contributed by atoms with Crippen LogP contribution in [0.3, 0.4) is 0 Å². The lowest BCUT2D eigenvalue weighted by molar-refractivity contribution is -0.145. The van der Waals surface area contributed by atoms with Gasteiger partial charge in [0.25, 0.3) is 0 Å². The molecule has 1 saturated heterocycles. The van der Waals surface area contributed by atoms with Crippen molar-refractivity contribution in [3.05, 3.63) is 60.2 Å². The standard InChI is InChI=1S/C26H32N2O4S/c1-32-25(31)22(14-17-33-2)27-23(29)12-15-26(16-13-24(30)28-26)18-19-8-10-21(11-9-19)20-6-4-3-5-7-20/h3-11,22H,12-18H2,1-2H3,(H,27,29)(H,28,30)/t22-,26+/m0/s1. The van der Waals surface area contributed by atoms with Crippen molar-refractivity contribution >= 4 is 29.5 Å². The van der Waals surface area contributed by atoms with E-state index in [1.165, 1.54) is 7.11 Å². The lowest BCUT2D eigenvalue weighted by atomic mass is 9.84. The second-order valence-corrected chi connectivity index (χ2v) is 9.48. The van der Waals surface area contributed by atoms with Crippen molar-refractivity contribution in [2.75, 3.05) is 19.1 Å². The van der Waals surface area contributed by atoms with Crippen molar-refractivity contribution in [2.24, 2.45) is 0 Å². The molecule has 176 valence electrons. The molecule has 2 atom stereocenters. The van der Waals surface area contributed by atoms with Crippen LogP contribution in [0.15, 0.2) is 54.6 Å². The van der Waals surface area contributed by atoms with Crippen molar-refractivity contribution < 1.29 is 19.1 Å². The number of hydrogen-bond donors (Lipinski definition) is 2. The van der Waals surface area contributed by atoms with Gasteiger partial charge in [-0.3, -0.25) is 9.59 Å². The molecular formula is C26H32N2O4S. The van der Waals surface area contributed by atoms with Crippen LogP contribution in [0.1, 0.15) is 37.7 Å². The Kier molecular flexibility index (Phi) is 8.95. The van der Waals surface area contributed by atoms with E-state index in [-0.39, 0.29) is 18.2 Å². The van der Waals surface area contributed by atoms with Gasteiger partial charge in [0.15, 0.2) is 0 Å². The zero-order chi connectivity index (χ0) is 23.7. The van der Waals surface area contributed by atoms with Gasteiger partial charge in [-0.05, 0) is 54.4 Å². The van der Waals surface area contributed by atoms with Crippen LogP contribution in [0.25, 0.3) is 11.1 Å².